The number of aliphatic hydroxyl groups is 2. The average Bonchev–Trinajstić information content (AvgIpc) is 1.14. The van der Waals surface area contributed by atoms with Crippen molar-refractivity contribution in [3.05, 3.63) is 97.2 Å². The maximum Gasteiger partial charge on any atom is 0.472 e. The van der Waals surface area contributed by atoms with Gasteiger partial charge in [-0.15, -0.1) is 0 Å². The molecule has 5 atom stereocenters. The molecule has 0 aromatic heterocycles. The van der Waals surface area contributed by atoms with Gasteiger partial charge in [-0.1, -0.05) is 323 Å². The number of hydrogen-bond donors (Lipinski definition) is 4. The van der Waals surface area contributed by atoms with Crippen molar-refractivity contribution in [2.24, 2.45) is 0 Å². The molecular formula is C83H148O16P2. The minimum Gasteiger partial charge on any atom is -0.463 e. The van der Waals surface area contributed by atoms with Crippen LogP contribution in [0.4, 0.5) is 0 Å². The molecule has 0 amide bonds. The molecule has 0 aromatic rings. The van der Waals surface area contributed by atoms with Gasteiger partial charge in [0.15, 0.2) is 6.10 Å². The Labute approximate surface area is 616 Å². The summed E-state index contributed by atoms with van der Waals surface area (Å²) in [5.74, 6) is -1.58. The van der Waals surface area contributed by atoms with Gasteiger partial charge < -0.3 is 34.2 Å². The highest BCUT2D eigenvalue weighted by atomic mass is 31.2. The summed E-state index contributed by atoms with van der Waals surface area (Å²) in [5, 5.41) is 20.6. The first-order valence-corrected chi connectivity index (χ1v) is 43.5. The van der Waals surface area contributed by atoms with Crippen molar-refractivity contribution in [2.75, 3.05) is 39.6 Å². The minimum atomic E-state index is -4.93. The maximum atomic E-state index is 13.0. The van der Waals surface area contributed by atoms with Crippen molar-refractivity contribution in [2.45, 2.75) is 373 Å². The van der Waals surface area contributed by atoms with E-state index in [4.69, 9.17) is 32.3 Å². The van der Waals surface area contributed by atoms with Gasteiger partial charge in [0.1, 0.15) is 25.4 Å². The highest BCUT2D eigenvalue weighted by Crippen LogP contribution is 2.45. The van der Waals surface area contributed by atoms with Gasteiger partial charge in [0.2, 0.25) is 0 Å². The monoisotopic (exact) mass is 1460 g/mol. The van der Waals surface area contributed by atoms with E-state index in [2.05, 4.69) is 118 Å². The molecule has 0 radical (unpaired) electrons. The van der Waals surface area contributed by atoms with E-state index in [1.807, 2.05) is 0 Å². The molecule has 0 aliphatic rings. The molecule has 4 N–H and O–H groups in total. The Morgan fingerprint density at radius 2 is 0.495 bits per heavy atom. The minimum absolute atomic E-state index is 0.104. The number of carbonyl (C=O) groups excluding carboxylic acids is 3. The highest BCUT2D eigenvalue weighted by Gasteiger charge is 2.29. The summed E-state index contributed by atoms with van der Waals surface area (Å²) in [7, 11) is -9.79. The van der Waals surface area contributed by atoms with Crippen LogP contribution in [0.1, 0.15) is 355 Å². The lowest BCUT2D eigenvalue weighted by Gasteiger charge is -2.21. The molecule has 0 fully saturated rings. The van der Waals surface area contributed by atoms with Gasteiger partial charge in [-0.25, -0.2) is 9.13 Å². The molecule has 0 aliphatic heterocycles. The van der Waals surface area contributed by atoms with Gasteiger partial charge in [-0.05, 0) is 109 Å². The van der Waals surface area contributed by atoms with Gasteiger partial charge in [0.05, 0.1) is 26.4 Å². The van der Waals surface area contributed by atoms with Crippen molar-refractivity contribution in [3.63, 3.8) is 0 Å². The molecule has 0 spiro atoms. The zero-order valence-corrected chi connectivity index (χ0v) is 65.9. The van der Waals surface area contributed by atoms with Crippen LogP contribution < -0.4 is 0 Å². The number of esters is 3. The van der Waals surface area contributed by atoms with Gasteiger partial charge in [0, 0.05) is 19.3 Å². The van der Waals surface area contributed by atoms with Crippen LogP contribution >= 0.6 is 15.6 Å². The van der Waals surface area contributed by atoms with Crippen molar-refractivity contribution in [3.8, 4) is 0 Å². The summed E-state index contributed by atoms with van der Waals surface area (Å²) in [6.07, 6.45) is 87.3. The molecule has 0 aliphatic carbocycles. The molecule has 0 heterocycles. The number of rotatable bonds is 77. The fourth-order valence-corrected chi connectivity index (χ4v) is 12.7. The summed E-state index contributed by atoms with van der Waals surface area (Å²) in [6, 6.07) is 0. The predicted molar refractivity (Wildman–Crippen MR) is 417 cm³/mol. The Morgan fingerprint density at radius 3 is 0.802 bits per heavy atom. The van der Waals surface area contributed by atoms with E-state index in [-0.39, 0.29) is 19.3 Å². The third-order valence-electron chi connectivity index (χ3n) is 17.3. The Kier molecular flexibility index (Phi) is 73.5. The van der Waals surface area contributed by atoms with E-state index in [0.717, 1.165) is 122 Å². The average molecular weight is 1460 g/mol. The largest absolute Gasteiger partial charge is 0.472 e. The van der Waals surface area contributed by atoms with E-state index in [0.29, 0.717) is 19.3 Å². The van der Waals surface area contributed by atoms with Crippen LogP contribution in [0.5, 0.6) is 0 Å². The summed E-state index contributed by atoms with van der Waals surface area (Å²) < 4.78 is 61.2. The Hall–Kier alpha value is -3.53. The van der Waals surface area contributed by atoms with Gasteiger partial charge in [-0.2, -0.15) is 0 Å². The molecule has 0 bridgehead atoms. The number of ether oxygens (including phenoxy) is 3. The second kappa shape index (κ2) is 76.1. The van der Waals surface area contributed by atoms with Crippen LogP contribution in [-0.4, -0.2) is 95.9 Å². The SMILES string of the molecule is CCCCC/C=C\C/C=C\C/C=C\C/C=C\CCCCCCCCCCCCCCCC(=O)OCC(O)COP(=O)(O)OCC(O)COP(=O)(O)OCC(COC(=O)CCCCCCC/C=C\C/C=C\C/C=C\C/C=C\CCCCC)OC(=O)CCCCCCCCCCCCCCCCC. The van der Waals surface area contributed by atoms with Crippen molar-refractivity contribution >= 4 is 33.6 Å². The van der Waals surface area contributed by atoms with Crippen LogP contribution in [0, 0.1) is 0 Å². The first-order chi connectivity index (χ1) is 49.2. The normalized spacial score (nSPS) is 14.5. The highest BCUT2D eigenvalue weighted by molar-refractivity contribution is 7.47. The number of phosphoric acid groups is 2. The number of hydrogen-bond acceptors (Lipinski definition) is 14. The van der Waals surface area contributed by atoms with Crippen molar-refractivity contribution < 1.29 is 75.8 Å². The van der Waals surface area contributed by atoms with E-state index in [1.165, 1.54) is 173 Å². The molecule has 16 nitrogen and oxygen atoms in total. The van der Waals surface area contributed by atoms with E-state index < -0.39 is 91.5 Å². The number of carbonyl (C=O) groups is 3. The molecule has 101 heavy (non-hydrogen) atoms. The van der Waals surface area contributed by atoms with Crippen molar-refractivity contribution in [1.82, 2.24) is 0 Å². The standard InChI is InChI=1S/C83H148O16P2/c1-4-7-10-13-16-19-22-25-28-30-32-34-35-36-37-38-39-40-41-43-45-46-49-51-54-57-60-63-66-69-81(86)93-72-78(84)73-95-100(89,90)96-74-79(85)75-97-101(91,92)98-77-80(99-83(88)71-68-65-62-59-56-53-48-27-24-21-18-15-12-9-6-3)76-94-82(87)70-67-64-61-58-55-52-50-47-44-42-33-31-29-26-23-20-17-14-11-8-5-2/h16-17,19-20,25-26,28-29,32-34,36-37,42,47,50,78-80,84-85H,4-15,18,21-24,27,30-31,35,38-41,43-46,48-49,51-77H2,1-3H3,(H,89,90)(H,91,92)/b19-16-,20-17-,28-25-,29-26-,34-32-,37-36-,42-33-,50-47-. The van der Waals surface area contributed by atoms with Gasteiger partial charge in [-0.3, -0.25) is 32.5 Å². The molecule has 5 unspecified atom stereocenters. The molecule has 0 saturated heterocycles. The zero-order valence-electron chi connectivity index (χ0n) is 64.1. The van der Waals surface area contributed by atoms with E-state index in [9.17, 15) is 43.5 Å². The van der Waals surface area contributed by atoms with E-state index in [1.54, 1.807) is 0 Å². The first-order valence-electron chi connectivity index (χ1n) is 40.5. The van der Waals surface area contributed by atoms with Crippen molar-refractivity contribution in [1.29, 1.82) is 0 Å². The number of aliphatic hydroxyl groups excluding tert-OH is 2. The Bertz CT molecular complexity index is 2220. The maximum absolute atomic E-state index is 13.0. The molecule has 0 aromatic carbocycles. The fourth-order valence-electron chi connectivity index (χ4n) is 11.1. The third kappa shape index (κ3) is 77.4. The van der Waals surface area contributed by atoms with Crippen LogP contribution in [0.15, 0.2) is 97.2 Å². The lowest BCUT2D eigenvalue weighted by molar-refractivity contribution is -0.161. The smallest absolute Gasteiger partial charge is 0.463 e. The number of unbranched alkanes of at least 4 members (excludes halogenated alkanes) is 38. The molecular weight excluding hydrogens is 1310 g/mol. The number of phosphoric ester groups is 2. The van der Waals surface area contributed by atoms with Gasteiger partial charge >= 0.3 is 33.6 Å². The lowest BCUT2D eigenvalue weighted by atomic mass is 10.0. The molecule has 18 heteroatoms. The Balaban J connectivity index is 4.52. The van der Waals surface area contributed by atoms with Gasteiger partial charge in [0.25, 0.3) is 0 Å². The predicted octanol–water partition coefficient (Wildman–Crippen LogP) is 23.8. The lowest BCUT2D eigenvalue weighted by Crippen LogP contribution is -2.30. The Morgan fingerprint density at radius 1 is 0.277 bits per heavy atom. The fraction of sp³-hybridized carbons (Fsp3) is 0.771. The molecule has 586 valence electrons. The summed E-state index contributed by atoms with van der Waals surface area (Å²) in [4.78, 5) is 58.7. The molecule has 0 rings (SSSR count). The van der Waals surface area contributed by atoms with E-state index >= 15 is 0 Å². The summed E-state index contributed by atoms with van der Waals surface area (Å²) in [5.41, 5.74) is 0. The molecule has 0 saturated carbocycles. The van der Waals surface area contributed by atoms with Crippen LogP contribution in [0.25, 0.3) is 0 Å². The third-order valence-corrected chi connectivity index (χ3v) is 19.2. The summed E-state index contributed by atoms with van der Waals surface area (Å²) >= 11 is 0. The quantitative estimate of drug-likeness (QED) is 0.0146. The first kappa shape index (κ1) is 97.5. The second-order valence-corrected chi connectivity index (χ2v) is 30.1. The second-order valence-electron chi connectivity index (χ2n) is 27.2. The van der Waals surface area contributed by atoms with Crippen LogP contribution in [0.3, 0.4) is 0 Å². The number of allylic oxidation sites excluding steroid dienone is 16. The van der Waals surface area contributed by atoms with Crippen LogP contribution in [0.2, 0.25) is 0 Å². The zero-order chi connectivity index (χ0) is 73.7. The topological polar surface area (TPSA) is 231 Å². The van der Waals surface area contributed by atoms with Crippen LogP contribution in [-0.2, 0) is 55.8 Å². The summed E-state index contributed by atoms with van der Waals surface area (Å²) in [6.45, 7) is 2.65.